The lowest BCUT2D eigenvalue weighted by Crippen LogP contribution is -2.12. The first-order valence-corrected chi connectivity index (χ1v) is 5.57. The van der Waals surface area contributed by atoms with Crippen molar-refractivity contribution < 1.29 is 0 Å². The van der Waals surface area contributed by atoms with Crippen molar-refractivity contribution in [2.24, 2.45) is 5.73 Å². The molecule has 0 heterocycles. The predicted molar refractivity (Wildman–Crippen MR) is 60.4 cm³/mol. The van der Waals surface area contributed by atoms with Gasteiger partial charge in [-0.3, -0.25) is 0 Å². The van der Waals surface area contributed by atoms with Crippen LogP contribution >= 0.6 is 0 Å². The van der Waals surface area contributed by atoms with Crippen LogP contribution in [0.5, 0.6) is 0 Å². The minimum atomic E-state index is 0.169. The highest BCUT2D eigenvalue weighted by Crippen LogP contribution is 2.28. The summed E-state index contributed by atoms with van der Waals surface area (Å²) in [6, 6.07) is 4.66. The summed E-state index contributed by atoms with van der Waals surface area (Å²) in [6.45, 7) is 4.29. The summed E-state index contributed by atoms with van der Waals surface area (Å²) < 4.78 is 0. The van der Waals surface area contributed by atoms with Gasteiger partial charge in [0.25, 0.3) is 0 Å². The number of fused-ring (bicyclic) bond motifs is 1. The molecular formula is C13H19N. The number of benzene rings is 1. The average Bonchev–Trinajstić information content (AvgIpc) is 2.18. The SMILES string of the molecule is Cc1c([C@H](C)N)ccc2c1CCCC2. The zero-order chi connectivity index (χ0) is 10.1. The van der Waals surface area contributed by atoms with E-state index in [4.69, 9.17) is 5.73 Å². The Balaban J connectivity index is 2.49. The minimum absolute atomic E-state index is 0.169. The molecule has 0 unspecified atom stereocenters. The molecule has 2 rings (SSSR count). The third-order valence-electron chi connectivity index (χ3n) is 3.35. The van der Waals surface area contributed by atoms with Gasteiger partial charge in [-0.2, -0.15) is 0 Å². The number of nitrogens with two attached hydrogens (primary N) is 1. The van der Waals surface area contributed by atoms with Crippen LogP contribution in [0.25, 0.3) is 0 Å². The van der Waals surface area contributed by atoms with Gasteiger partial charge in [-0.15, -0.1) is 0 Å². The summed E-state index contributed by atoms with van der Waals surface area (Å²) >= 11 is 0. The van der Waals surface area contributed by atoms with Gasteiger partial charge >= 0.3 is 0 Å². The molecule has 0 radical (unpaired) electrons. The molecule has 2 N–H and O–H groups in total. The average molecular weight is 189 g/mol. The molecule has 76 valence electrons. The maximum absolute atomic E-state index is 5.95. The van der Waals surface area contributed by atoms with Gasteiger partial charge in [0.15, 0.2) is 0 Å². The molecule has 0 saturated heterocycles. The number of hydrogen-bond donors (Lipinski definition) is 1. The smallest absolute Gasteiger partial charge is 0.0268 e. The molecule has 0 aromatic heterocycles. The molecule has 1 aromatic carbocycles. The molecule has 1 aliphatic rings. The standard InChI is InChI=1S/C13H19N/c1-9-12(10(2)14)8-7-11-5-3-4-6-13(9)11/h7-8,10H,3-6,14H2,1-2H3/t10-/m0/s1. The largest absolute Gasteiger partial charge is 0.324 e. The highest BCUT2D eigenvalue weighted by molar-refractivity contribution is 5.42. The fraction of sp³-hybridized carbons (Fsp3) is 0.538. The molecule has 0 amide bonds. The highest BCUT2D eigenvalue weighted by atomic mass is 14.6. The first kappa shape index (κ1) is 9.72. The molecule has 0 bridgehead atoms. The zero-order valence-corrected chi connectivity index (χ0v) is 9.14. The Hall–Kier alpha value is -0.820. The zero-order valence-electron chi connectivity index (χ0n) is 9.14. The van der Waals surface area contributed by atoms with E-state index >= 15 is 0 Å². The second kappa shape index (κ2) is 3.74. The van der Waals surface area contributed by atoms with Gasteiger partial charge in [-0.25, -0.2) is 0 Å². The third kappa shape index (κ3) is 1.57. The van der Waals surface area contributed by atoms with E-state index in [1.165, 1.54) is 36.8 Å². The fourth-order valence-electron chi connectivity index (χ4n) is 2.52. The lowest BCUT2D eigenvalue weighted by atomic mass is 9.85. The van der Waals surface area contributed by atoms with Crippen molar-refractivity contribution in [3.63, 3.8) is 0 Å². The molecule has 0 aliphatic heterocycles. The van der Waals surface area contributed by atoms with Crippen LogP contribution in [-0.4, -0.2) is 0 Å². The lowest BCUT2D eigenvalue weighted by molar-refractivity contribution is 0.676. The normalized spacial score (nSPS) is 17.6. The van der Waals surface area contributed by atoms with Gasteiger partial charge < -0.3 is 5.73 Å². The van der Waals surface area contributed by atoms with E-state index in [9.17, 15) is 0 Å². The van der Waals surface area contributed by atoms with Gasteiger partial charge in [-0.1, -0.05) is 12.1 Å². The van der Waals surface area contributed by atoms with E-state index in [-0.39, 0.29) is 6.04 Å². The van der Waals surface area contributed by atoms with Crippen molar-refractivity contribution in [3.05, 3.63) is 34.4 Å². The summed E-state index contributed by atoms with van der Waals surface area (Å²) in [5.74, 6) is 0. The summed E-state index contributed by atoms with van der Waals surface area (Å²) in [4.78, 5) is 0. The first-order chi connectivity index (χ1) is 6.70. The fourth-order valence-corrected chi connectivity index (χ4v) is 2.52. The van der Waals surface area contributed by atoms with Gasteiger partial charge in [0.2, 0.25) is 0 Å². The van der Waals surface area contributed by atoms with Crippen LogP contribution in [0.3, 0.4) is 0 Å². The van der Waals surface area contributed by atoms with E-state index < -0.39 is 0 Å². The minimum Gasteiger partial charge on any atom is -0.324 e. The molecule has 14 heavy (non-hydrogen) atoms. The lowest BCUT2D eigenvalue weighted by Gasteiger charge is -2.21. The highest BCUT2D eigenvalue weighted by Gasteiger charge is 2.14. The Morgan fingerprint density at radius 3 is 2.64 bits per heavy atom. The Labute approximate surface area is 86.3 Å². The molecule has 1 nitrogen and oxygen atoms in total. The maximum atomic E-state index is 5.95. The van der Waals surface area contributed by atoms with Crippen LogP contribution in [0.15, 0.2) is 12.1 Å². The summed E-state index contributed by atoms with van der Waals surface area (Å²) in [7, 11) is 0. The summed E-state index contributed by atoms with van der Waals surface area (Å²) in [5, 5.41) is 0. The van der Waals surface area contributed by atoms with Crippen LogP contribution in [0.2, 0.25) is 0 Å². The van der Waals surface area contributed by atoms with Crippen molar-refractivity contribution in [1.82, 2.24) is 0 Å². The Kier molecular flexibility index (Phi) is 2.60. The van der Waals surface area contributed by atoms with E-state index in [1.807, 2.05) is 0 Å². The van der Waals surface area contributed by atoms with Gasteiger partial charge in [-0.05, 0) is 61.8 Å². The summed E-state index contributed by atoms with van der Waals surface area (Å²) in [6.07, 6.45) is 5.21. The van der Waals surface area contributed by atoms with Crippen LogP contribution < -0.4 is 5.73 Å². The molecule has 1 aliphatic carbocycles. The van der Waals surface area contributed by atoms with Crippen LogP contribution in [0.4, 0.5) is 0 Å². The first-order valence-electron chi connectivity index (χ1n) is 5.57. The van der Waals surface area contributed by atoms with E-state index in [0.29, 0.717) is 0 Å². The molecular weight excluding hydrogens is 170 g/mol. The molecule has 0 fully saturated rings. The number of rotatable bonds is 1. The maximum Gasteiger partial charge on any atom is 0.0268 e. The van der Waals surface area contributed by atoms with E-state index in [1.54, 1.807) is 11.1 Å². The number of hydrogen-bond acceptors (Lipinski definition) is 1. The van der Waals surface area contributed by atoms with Crippen molar-refractivity contribution in [2.45, 2.75) is 45.6 Å². The monoisotopic (exact) mass is 189 g/mol. The molecule has 1 heteroatoms. The quantitative estimate of drug-likeness (QED) is 0.722. The second-order valence-electron chi connectivity index (χ2n) is 4.41. The van der Waals surface area contributed by atoms with Crippen LogP contribution in [-0.2, 0) is 12.8 Å². The number of aryl methyl sites for hydroxylation is 1. The van der Waals surface area contributed by atoms with E-state index in [2.05, 4.69) is 26.0 Å². The van der Waals surface area contributed by atoms with Gasteiger partial charge in [0.05, 0.1) is 0 Å². The molecule has 1 atom stereocenters. The predicted octanol–water partition coefficient (Wildman–Crippen LogP) is 2.89. The van der Waals surface area contributed by atoms with Crippen molar-refractivity contribution in [3.8, 4) is 0 Å². The van der Waals surface area contributed by atoms with Gasteiger partial charge in [0, 0.05) is 6.04 Å². The van der Waals surface area contributed by atoms with Crippen molar-refractivity contribution >= 4 is 0 Å². The third-order valence-corrected chi connectivity index (χ3v) is 3.35. The van der Waals surface area contributed by atoms with Crippen molar-refractivity contribution in [1.29, 1.82) is 0 Å². The van der Waals surface area contributed by atoms with Crippen LogP contribution in [0.1, 0.15) is 48.1 Å². The Morgan fingerprint density at radius 2 is 1.93 bits per heavy atom. The van der Waals surface area contributed by atoms with Crippen molar-refractivity contribution in [2.75, 3.05) is 0 Å². The van der Waals surface area contributed by atoms with Gasteiger partial charge in [0.1, 0.15) is 0 Å². The molecule has 0 saturated carbocycles. The topological polar surface area (TPSA) is 26.0 Å². The summed E-state index contributed by atoms with van der Waals surface area (Å²) in [5.41, 5.74) is 11.8. The van der Waals surface area contributed by atoms with Crippen LogP contribution in [0, 0.1) is 6.92 Å². The molecule has 0 spiro atoms. The molecule has 1 aromatic rings. The Bertz CT molecular complexity index is 339. The Morgan fingerprint density at radius 1 is 1.21 bits per heavy atom. The second-order valence-corrected chi connectivity index (χ2v) is 4.41. The van der Waals surface area contributed by atoms with E-state index in [0.717, 1.165) is 0 Å².